The van der Waals surface area contributed by atoms with E-state index in [1.165, 1.54) is 10.4 Å². The van der Waals surface area contributed by atoms with Crippen LogP contribution in [0.3, 0.4) is 0 Å². The lowest BCUT2D eigenvalue weighted by molar-refractivity contribution is 0.188. The second-order valence-corrected chi connectivity index (χ2v) is 8.63. The molecule has 0 unspecified atom stereocenters. The van der Waals surface area contributed by atoms with Crippen molar-refractivity contribution in [2.45, 2.75) is 45.2 Å². The summed E-state index contributed by atoms with van der Waals surface area (Å²) in [5, 5.41) is 21.1. The summed E-state index contributed by atoms with van der Waals surface area (Å²) in [6.45, 7) is 6.21. The Labute approximate surface area is 176 Å². The number of nitrogens with zero attached hydrogens (tertiary/aromatic N) is 3. The van der Waals surface area contributed by atoms with E-state index in [1.54, 1.807) is 11.3 Å². The van der Waals surface area contributed by atoms with E-state index in [0.29, 0.717) is 0 Å². The minimum atomic E-state index is -0.339. The van der Waals surface area contributed by atoms with Crippen molar-refractivity contribution in [3.05, 3.63) is 70.2 Å². The molecule has 2 heterocycles. The minimum Gasteiger partial charge on any atom is -0.394 e. The molecule has 3 atom stereocenters. The molecule has 1 aliphatic heterocycles. The van der Waals surface area contributed by atoms with Crippen LogP contribution in [0.5, 0.6) is 0 Å². The molecule has 1 aromatic heterocycles. The first kappa shape index (κ1) is 19.6. The van der Waals surface area contributed by atoms with Gasteiger partial charge < -0.3 is 10.0 Å². The number of nitriles is 1. The normalized spacial score (nSPS) is 20.9. The lowest BCUT2D eigenvalue weighted by Crippen LogP contribution is -2.63. The highest BCUT2D eigenvalue weighted by atomic mass is 32.1. The number of aromatic nitrogens is 1. The lowest BCUT2D eigenvalue weighted by Gasteiger charge is -2.52. The molecule has 5 heteroatoms. The van der Waals surface area contributed by atoms with Crippen molar-refractivity contribution in [2.24, 2.45) is 0 Å². The average Bonchev–Trinajstić information content (AvgIpc) is 3.08. The molecule has 29 heavy (non-hydrogen) atoms. The van der Waals surface area contributed by atoms with Crippen LogP contribution in [-0.4, -0.2) is 28.8 Å². The maximum atomic E-state index is 10.2. The predicted octanol–water partition coefficient (Wildman–Crippen LogP) is 4.85. The van der Waals surface area contributed by atoms with Crippen molar-refractivity contribution in [1.82, 2.24) is 4.98 Å². The molecule has 0 spiro atoms. The first-order valence-corrected chi connectivity index (χ1v) is 10.8. The van der Waals surface area contributed by atoms with Crippen molar-refractivity contribution in [3.63, 3.8) is 0 Å². The Morgan fingerprint density at radius 1 is 1.17 bits per heavy atom. The second kappa shape index (κ2) is 7.98. The smallest absolute Gasteiger partial charge is 0.187 e. The molecule has 0 aliphatic carbocycles. The number of rotatable bonds is 5. The summed E-state index contributed by atoms with van der Waals surface area (Å²) in [6, 6.07) is 18.7. The van der Waals surface area contributed by atoms with Crippen LogP contribution in [0.25, 0.3) is 11.1 Å². The quantitative estimate of drug-likeness (QED) is 0.662. The molecule has 0 saturated carbocycles. The van der Waals surface area contributed by atoms with Crippen molar-refractivity contribution in [2.75, 3.05) is 11.5 Å². The molecule has 1 aliphatic rings. The fourth-order valence-corrected chi connectivity index (χ4v) is 5.45. The third kappa shape index (κ3) is 3.33. The van der Waals surface area contributed by atoms with Crippen molar-refractivity contribution >= 4 is 16.5 Å². The zero-order chi connectivity index (χ0) is 20.5. The molecule has 0 bridgehead atoms. The molecule has 2 aromatic carbocycles. The highest BCUT2D eigenvalue weighted by Gasteiger charge is 2.51. The standard InChI is InChI=1S/C24H25N3OS/c1-4-22-16(3)26-24(29-22)27-20(13-25)23(21(27)14-28)19-11-6-5-10-18(19)17-9-7-8-15(2)12-17/h5-12,20-21,23,28H,4,14H2,1-3H3/t20-,21-,23+/m1/s1. The molecule has 1 fully saturated rings. The van der Waals surface area contributed by atoms with E-state index in [9.17, 15) is 10.4 Å². The van der Waals surface area contributed by atoms with Gasteiger partial charge >= 0.3 is 0 Å². The number of aryl methyl sites for hydroxylation is 3. The SMILES string of the molecule is CCc1sc(N2[C@H](C#N)[C@H](c3ccccc3-c3cccc(C)c3)[C@H]2CO)nc1C. The molecule has 1 saturated heterocycles. The van der Waals surface area contributed by atoms with E-state index in [0.717, 1.165) is 33.9 Å². The Balaban J connectivity index is 1.75. The summed E-state index contributed by atoms with van der Waals surface area (Å²) in [5.74, 6) is -0.0593. The number of hydrogen-bond donors (Lipinski definition) is 1. The van der Waals surface area contributed by atoms with E-state index in [2.05, 4.69) is 56.3 Å². The summed E-state index contributed by atoms with van der Waals surface area (Å²) in [6.07, 6.45) is 0.929. The number of anilines is 1. The molecular formula is C24H25N3OS. The zero-order valence-corrected chi connectivity index (χ0v) is 17.8. The number of benzene rings is 2. The molecule has 0 amide bonds. The van der Waals surface area contributed by atoms with Gasteiger partial charge in [-0.15, -0.1) is 11.3 Å². The Morgan fingerprint density at radius 3 is 2.62 bits per heavy atom. The van der Waals surface area contributed by atoms with Crippen LogP contribution < -0.4 is 4.90 Å². The largest absolute Gasteiger partial charge is 0.394 e. The molecule has 3 aromatic rings. The predicted molar refractivity (Wildman–Crippen MR) is 118 cm³/mol. The highest BCUT2D eigenvalue weighted by molar-refractivity contribution is 7.15. The summed E-state index contributed by atoms with van der Waals surface area (Å²) in [5.41, 5.74) is 5.61. The van der Waals surface area contributed by atoms with Crippen LogP contribution >= 0.6 is 11.3 Å². The van der Waals surface area contributed by atoms with Crippen LogP contribution in [0.4, 0.5) is 5.13 Å². The monoisotopic (exact) mass is 403 g/mol. The first-order valence-electron chi connectivity index (χ1n) is 10.00. The van der Waals surface area contributed by atoms with Gasteiger partial charge in [0, 0.05) is 10.8 Å². The molecule has 4 rings (SSSR count). The van der Waals surface area contributed by atoms with E-state index in [1.807, 2.05) is 24.0 Å². The Kier molecular flexibility index (Phi) is 5.40. The second-order valence-electron chi connectivity index (χ2n) is 7.57. The zero-order valence-electron chi connectivity index (χ0n) is 17.0. The van der Waals surface area contributed by atoms with E-state index in [4.69, 9.17) is 4.98 Å². The van der Waals surface area contributed by atoms with Gasteiger partial charge in [-0.2, -0.15) is 5.26 Å². The van der Waals surface area contributed by atoms with Crippen LogP contribution in [0.2, 0.25) is 0 Å². The molecule has 148 valence electrons. The molecule has 0 radical (unpaired) electrons. The van der Waals surface area contributed by atoms with Gasteiger partial charge in [0.05, 0.1) is 24.4 Å². The fourth-order valence-electron chi connectivity index (χ4n) is 4.36. The summed E-state index contributed by atoms with van der Waals surface area (Å²) in [4.78, 5) is 7.94. The van der Waals surface area contributed by atoms with Crippen LogP contribution in [-0.2, 0) is 6.42 Å². The summed E-state index contributed by atoms with van der Waals surface area (Å²) in [7, 11) is 0. The number of aliphatic hydroxyl groups excluding tert-OH is 1. The maximum Gasteiger partial charge on any atom is 0.187 e. The number of thiazole rings is 1. The highest BCUT2D eigenvalue weighted by Crippen LogP contribution is 2.47. The third-order valence-electron chi connectivity index (χ3n) is 5.80. The van der Waals surface area contributed by atoms with E-state index >= 15 is 0 Å². The third-order valence-corrected chi connectivity index (χ3v) is 7.12. The van der Waals surface area contributed by atoms with E-state index < -0.39 is 0 Å². The molecule has 4 nitrogen and oxygen atoms in total. The average molecular weight is 404 g/mol. The van der Waals surface area contributed by atoms with Gasteiger partial charge in [-0.3, -0.25) is 0 Å². The summed E-state index contributed by atoms with van der Waals surface area (Å²) >= 11 is 1.63. The Hall–Kier alpha value is -2.68. The van der Waals surface area contributed by atoms with E-state index in [-0.39, 0.29) is 24.6 Å². The molecule has 1 N–H and O–H groups in total. The minimum absolute atomic E-state index is 0.00884. The maximum absolute atomic E-state index is 10.2. The van der Waals surface area contributed by atoms with Gasteiger partial charge in [0.15, 0.2) is 5.13 Å². The van der Waals surface area contributed by atoms with Crippen LogP contribution in [0.1, 0.15) is 34.5 Å². The van der Waals surface area contributed by atoms with Crippen LogP contribution in [0, 0.1) is 25.2 Å². The molecular weight excluding hydrogens is 378 g/mol. The Morgan fingerprint density at radius 2 is 1.97 bits per heavy atom. The Bertz CT molecular complexity index is 1070. The topological polar surface area (TPSA) is 60.2 Å². The van der Waals surface area contributed by atoms with Crippen molar-refractivity contribution in [3.8, 4) is 17.2 Å². The summed E-state index contributed by atoms with van der Waals surface area (Å²) < 4.78 is 0. The van der Waals surface area contributed by atoms with Gasteiger partial charge in [-0.05, 0) is 37.0 Å². The van der Waals surface area contributed by atoms with Gasteiger partial charge in [0.1, 0.15) is 6.04 Å². The van der Waals surface area contributed by atoms with Crippen molar-refractivity contribution < 1.29 is 5.11 Å². The first-order chi connectivity index (χ1) is 14.1. The lowest BCUT2D eigenvalue weighted by atomic mass is 9.74. The number of hydrogen-bond acceptors (Lipinski definition) is 5. The van der Waals surface area contributed by atoms with Gasteiger partial charge in [-0.1, -0.05) is 61.0 Å². The van der Waals surface area contributed by atoms with Crippen molar-refractivity contribution in [1.29, 1.82) is 5.26 Å². The fraction of sp³-hybridized carbons (Fsp3) is 0.333. The van der Waals surface area contributed by atoms with Gasteiger partial charge in [0.2, 0.25) is 0 Å². The van der Waals surface area contributed by atoms with Gasteiger partial charge in [0.25, 0.3) is 0 Å². The van der Waals surface area contributed by atoms with Gasteiger partial charge in [-0.25, -0.2) is 4.98 Å². The van der Waals surface area contributed by atoms with Crippen LogP contribution in [0.15, 0.2) is 48.5 Å². The number of aliphatic hydroxyl groups is 1.